The molecule has 3 N–H and O–H groups in total. The van der Waals surface area contributed by atoms with Crippen molar-refractivity contribution in [2.75, 3.05) is 6.26 Å². The van der Waals surface area contributed by atoms with Gasteiger partial charge in [0.05, 0.1) is 4.90 Å². The van der Waals surface area contributed by atoms with E-state index in [1.807, 2.05) is 0 Å². The molecule has 1 fully saturated rings. The van der Waals surface area contributed by atoms with Gasteiger partial charge in [0.25, 0.3) is 5.91 Å². The zero-order valence-electron chi connectivity index (χ0n) is 13.2. The van der Waals surface area contributed by atoms with Crippen LogP contribution in [-0.4, -0.2) is 31.7 Å². The molecule has 0 radical (unpaired) electrons. The lowest BCUT2D eigenvalue weighted by Crippen LogP contribution is -2.49. The van der Waals surface area contributed by atoms with Gasteiger partial charge in [-0.1, -0.05) is 18.9 Å². The van der Waals surface area contributed by atoms with Crippen molar-refractivity contribution in [2.24, 2.45) is 0 Å². The number of rotatable bonds is 3. The third-order valence-corrected chi connectivity index (χ3v) is 5.19. The first-order valence-corrected chi connectivity index (χ1v) is 9.75. The van der Waals surface area contributed by atoms with Crippen LogP contribution in [0.25, 0.3) is 0 Å². The van der Waals surface area contributed by atoms with Crippen molar-refractivity contribution >= 4 is 33.1 Å². The molecule has 1 aliphatic carbocycles. The summed E-state index contributed by atoms with van der Waals surface area (Å²) in [6.07, 6.45) is 5.63. The number of aryl methyl sites for hydroxylation is 1. The van der Waals surface area contributed by atoms with E-state index in [9.17, 15) is 13.2 Å². The second-order valence-corrected chi connectivity index (χ2v) is 8.21. The third-order valence-electron chi connectivity index (χ3n) is 3.86. The molecule has 0 aliphatic heterocycles. The number of amides is 1. The van der Waals surface area contributed by atoms with Crippen LogP contribution in [0.3, 0.4) is 0 Å². The Hall–Kier alpha value is -1.67. The van der Waals surface area contributed by atoms with E-state index in [2.05, 4.69) is 16.2 Å². The molecule has 8 heteroatoms. The fourth-order valence-electron chi connectivity index (χ4n) is 2.55. The fourth-order valence-corrected chi connectivity index (χ4v) is 3.41. The van der Waals surface area contributed by atoms with Crippen LogP contribution in [0.4, 0.5) is 0 Å². The quantitative estimate of drug-likeness (QED) is 0.562. The van der Waals surface area contributed by atoms with E-state index in [1.54, 1.807) is 13.0 Å². The van der Waals surface area contributed by atoms with Gasteiger partial charge in [-0.15, -0.1) is 0 Å². The number of benzene rings is 1. The number of thiocarbonyl (C=S) groups is 1. The van der Waals surface area contributed by atoms with Crippen molar-refractivity contribution in [3.05, 3.63) is 29.3 Å². The number of nitrogens with one attached hydrogen (secondary N) is 3. The minimum absolute atomic E-state index is 0.111. The summed E-state index contributed by atoms with van der Waals surface area (Å²) in [6.45, 7) is 1.75. The van der Waals surface area contributed by atoms with Gasteiger partial charge >= 0.3 is 0 Å². The largest absolute Gasteiger partial charge is 0.359 e. The summed E-state index contributed by atoms with van der Waals surface area (Å²) < 4.78 is 23.2. The summed E-state index contributed by atoms with van der Waals surface area (Å²) in [5.74, 6) is -0.427. The predicted molar refractivity (Wildman–Crippen MR) is 92.9 cm³/mol. The van der Waals surface area contributed by atoms with E-state index < -0.39 is 15.7 Å². The number of hydrazine groups is 1. The van der Waals surface area contributed by atoms with Crippen molar-refractivity contribution in [1.29, 1.82) is 0 Å². The van der Waals surface area contributed by atoms with Gasteiger partial charge in [0.1, 0.15) is 0 Å². The smallest absolute Gasteiger partial charge is 0.269 e. The number of hydrogen-bond donors (Lipinski definition) is 3. The zero-order valence-corrected chi connectivity index (χ0v) is 14.8. The molecule has 1 aliphatic rings. The number of carbonyl (C=O) groups excluding carboxylic acids is 1. The van der Waals surface area contributed by atoms with Crippen molar-refractivity contribution < 1.29 is 13.2 Å². The Labute approximate surface area is 141 Å². The van der Waals surface area contributed by atoms with Crippen molar-refractivity contribution in [1.82, 2.24) is 16.2 Å². The highest BCUT2D eigenvalue weighted by atomic mass is 32.2. The van der Waals surface area contributed by atoms with Gasteiger partial charge in [-0.2, -0.15) is 0 Å². The van der Waals surface area contributed by atoms with E-state index in [-0.39, 0.29) is 4.90 Å². The molecule has 0 bridgehead atoms. The molecule has 23 heavy (non-hydrogen) atoms. The second-order valence-electron chi connectivity index (χ2n) is 5.78. The Morgan fingerprint density at radius 1 is 1.22 bits per heavy atom. The average Bonchev–Trinajstić information content (AvgIpc) is 2.97. The lowest BCUT2D eigenvalue weighted by Gasteiger charge is -2.16. The molecule has 0 aromatic heterocycles. The molecule has 1 aromatic carbocycles. The third kappa shape index (κ3) is 4.90. The lowest BCUT2D eigenvalue weighted by atomic mass is 10.1. The van der Waals surface area contributed by atoms with Crippen LogP contribution in [0, 0.1) is 6.92 Å². The van der Waals surface area contributed by atoms with Crippen LogP contribution in [-0.2, 0) is 9.84 Å². The SMILES string of the molecule is Cc1ccc(S(C)(=O)=O)cc1C(=O)NNC(=S)NC1CCCC1. The Bertz CT molecular complexity index is 711. The Morgan fingerprint density at radius 3 is 2.48 bits per heavy atom. The molecule has 0 atom stereocenters. The van der Waals surface area contributed by atoms with E-state index in [0.29, 0.717) is 22.3 Å². The molecule has 0 heterocycles. The first-order valence-electron chi connectivity index (χ1n) is 7.45. The highest BCUT2D eigenvalue weighted by Gasteiger charge is 2.17. The Kier molecular flexibility index (Phi) is 5.59. The van der Waals surface area contributed by atoms with E-state index in [0.717, 1.165) is 19.1 Å². The van der Waals surface area contributed by atoms with Crippen LogP contribution < -0.4 is 16.2 Å². The van der Waals surface area contributed by atoms with Crippen LogP contribution in [0.5, 0.6) is 0 Å². The van der Waals surface area contributed by atoms with Crippen LogP contribution in [0.15, 0.2) is 23.1 Å². The van der Waals surface area contributed by atoms with Crippen LogP contribution in [0.2, 0.25) is 0 Å². The van der Waals surface area contributed by atoms with E-state index >= 15 is 0 Å². The lowest BCUT2D eigenvalue weighted by molar-refractivity contribution is 0.0942. The van der Waals surface area contributed by atoms with Crippen LogP contribution in [0.1, 0.15) is 41.6 Å². The standard InChI is InChI=1S/C15H21N3O3S2/c1-10-7-8-12(23(2,20)21)9-13(10)14(19)17-18-15(22)16-11-5-3-4-6-11/h7-9,11H,3-6H2,1-2H3,(H,17,19)(H2,16,18,22). The minimum Gasteiger partial charge on any atom is -0.359 e. The maximum absolute atomic E-state index is 12.2. The monoisotopic (exact) mass is 355 g/mol. The maximum atomic E-state index is 12.2. The van der Waals surface area contributed by atoms with Gasteiger partial charge in [0.15, 0.2) is 14.9 Å². The number of carbonyl (C=O) groups is 1. The first kappa shape index (κ1) is 17.7. The van der Waals surface area contributed by atoms with Gasteiger partial charge in [-0.3, -0.25) is 15.6 Å². The predicted octanol–water partition coefficient (Wildman–Crippen LogP) is 1.45. The van der Waals surface area contributed by atoms with E-state index in [4.69, 9.17) is 12.2 Å². The number of hydrogen-bond acceptors (Lipinski definition) is 4. The van der Waals surface area contributed by atoms with Gasteiger partial charge in [0.2, 0.25) is 0 Å². The molecule has 0 saturated heterocycles. The van der Waals surface area contributed by atoms with Crippen molar-refractivity contribution in [3.8, 4) is 0 Å². The number of sulfone groups is 1. The second kappa shape index (κ2) is 7.27. The van der Waals surface area contributed by atoms with Gasteiger partial charge < -0.3 is 5.32 Å². The molecule has 1 saturated carbocycles. The molecule has 0 spiro atoms. The molecular formula is C15H21N3O3S2. The van der Waals surface area contributed by atoms with Gasteiger partial charge in [-0.25, -0.2) is 8.42 Å². The highest BCUT2D eigenvalue weighted by Crippen LogP contribution is 2.17. The van der Waals surface area contributed by atoms with Gasteiger partial charge in [0, 0.05) is 17.9 Å². The summed E-state index contributed by atoms with van der Waals surface area (Å²) >= 11 is 5.14. The molecule has 0 unspecified atom stereocenters. The van der Waals surface area contributed by atoms with E-state index in [1.165, 1.54) is 25.0 Å². The topological polar surface area (TPSA) is 87.3 Å². The summed E-state index contributed by atoms with van der Waals surface area (Å²) in [6, 6.07) is 4.82. The van der Waals surface area contributed by atoms with Crippen molar-refractivity contribution in [2.45, 2.75) is 43.5 Å². The minimum atomic E-state index is -3.36. The Balaban J connectivity index is 1.98. The normalized spacial score (nSPS) is 15.2. The molecule has 6 nitrogen and oxygen atoms in total. The summed E-state index contributed by atoms with van der Waals surface area (Å²) in [7, 11) is -3.36. The van der Waals surface area contributed by atoms with Gasteiger partial charge in [-0.05, 0) is 49.7 Å². The first-order chi connectivity index (χ1) is 10.8. The molecule has 1 aromatic rings. The molecular weight excluding hydrogens is 334 g/mol. The van der Waals surface area contributed by atoms with Crippen molar-refractivity contribution in [3.63, 3.8) is 0 Å². The summed E-state index contributed by atoms with van der Waals surface area (Å²) in [5.41, 5.74) is 6.15. The average molecular weight is 355 g/mol. The Morgan fingerprint density at radius 2 is 1.87 bits per heavy atom. The molecule has 2 rings (SSSR count). The molecule has 126 valence electrons. The highest BCUT2D eigenvalue weighted by molar-refractivity contribution is 7.90. The molecule has 1 amide bonds. The summed E-state index contributed by atoms with van der Waals surface area (Å²) in [4.78, 5) is 12.3. The maximum Gasteiger partial charge on any atom is 0.269 e. The summed E-state index contributed by atoms with van der Waals surface area (Å²) in [5, 5.41) is 3.51. The van der Waals surface area contributed by atoms with Crippen LogP contribution >= 0.6 is 12.2 Å². The zero-order chi connectivity index (χ0) is 17.0. The fraction of sp³-hybridized carbons (Fsp3) is 0.467.